The monoisotopic (exact) mass is 335 g/mol. The van der Waals surface area contributed by atoms with Crippen molar-refractivity contribution in [2.75, 3.05) is 6.54 Å². The van der Waals surface area contributed by atoms with Crippen molar-refractivity contribution >= 4 is 6.21 Å². The largest absolute Gasteiger partial charge is 0.316 e. The molecule has 3 nitrogen and oxygen atoms in total. The van der Waals surface area contributed by atoms with Gasteiger partial charge in [0.05, 0.1) is 6.17 Å². The number of hydrogen-bond donors (Lipinski definition) is 1. The van der Waals surface area contributed by atoms with Gasteiger partial charge in [0, 0.05) is 12.8 Å². The molecule has 0 aromatic carbocycles. The van der Waals surface area contributed by atoms with Crippen LogP contribution in [0.2, 0.25) is 0 Å². The lowest BCUT2D eigenvalue weighted by Crippen LogP contribution is -2.43. The number of nitrogens with zero attached hydrogens (tertiary/aromatic N) is 2. The third-order valence-electron chi connectivity index (χ3n) is 4.95. The molecular weight excluding hydrogens is 294 g/mol. The Kier molecular flexibility index (Phi) is 13.1. The topological polar surface area (TPSA) is 41.6 Å². The normalized spacial score (nSPS) is 19.5. The van der Waals surface area contributed by atoms with Crippen molar-refractivity contribution in [1.29, 1.82) is 0 Å². The highest BCUT2D eigenvalue weighted by atomic mass is 15.3. The van der Waals surface area contributed by atoms with E-state index in [1.54, 1.807) is 0 Å². The summed E-state index contributed by atoms with van der Waals surface area (Å²) in [5, 5.41) is 0. The second kappa shape index (κ2) is 14.7. The van der Waals surface area contributed by atoms with Crippen molar-refractivity contribution in [2.24, 2.45) is 10.7 Å². The van der Waals surface area contributed by atoms with E-state index in [4.69, 9.17) is 5.73 Å². The zero-order valence-electron chi connectivity index (χ0n) is 16.3. The summed E-state index contributed by atoms with van der Waals surface area (Å²) in [4.78, 5) is 6.83. The van der Waals surface area contributed by atoms with Gasteiger partial charge in [-0.15, -0.1) is 0 Å². The van der Waals surface area contributed by atoms with Gasteiger partial charge in [0.15, 0.2) is 0 Å². The maximum atomic E-state index is 5.98. The molecule has 0 saturated heterocycles. The van der Waals surface area contributed by atoms with Crippen molar-refractivity contribution in [3.63, 3.8) is 0 Å². The molecule has 2 unspecified atom stereocenters. The fourth-order valence-electron chi connectivity index (χ4n) is 3.37. The van der Waals surface area contributed by atoms with E-state index in [9.17, 15) is 0 Å². The number of unbranched alkanes of at least 4 members (excludes halogenated alkanes) is 10. The van der Waals surface area contributed by atoms with Gasteiger partial charge in [-0.1, -0.05) is 64.0 Å². The Bertz CT molecular complexity index is 336. The summed E-state index contributed by atoms with van der Waals surface area (Å²) >= 11 is 0. The van der Waals surface area contributed by atoms with E-state index in [1.165, 1.54) is 77.0 Å². The molecule has 1 heterocycles. The molecule has 0 fully saturated rings. The van der Waals surface area contributed by atoms with Crippen LogP contribution in [-0.4, -0.2) is 30.0 Å². The van der Waals surface area contributed by atoms with Gasteiger partial charge >= 0.3 is 0 Å². The highest BCUT2D eigenvalue weighted by Gasteiger charge is 2.22. The van der Waals surface area contributed by atoms with Crippen LogP contribution in [-0.2, 0) is 0 Å². The number of hydrogen-bond acceptors (Lipinski definition) is 3. The van der Waals surface area contributed by atoms with Crippen LogP contribution >= 0.6 is 0 Å². The first-order valence-electron chi connectivity index (χ1n) is 10.4. The zero-order chi connectivity index (χ0) is 17.5. The van der Waals surface area contributed by atoms with Gasteiger partial charge in [-0.05, 0) is 45.4 Å². The standard InChI is InChI=1S/C21H41N3/c1-3-4-5-6-7-8-9-10-11-12-13-14-15-16-17-21-23-18-19-24(21)20(2)22/h9-10,18,20-21H,3-8,11-17,19,22H2,1-2H3/b10-9+. The Hall–Kier alpha value is -0.670. The Balaban J connectivity index is 1.84. The molecule has 1 aliphatic rings. The van der Waals surface area contributed by atoms with Crippen LogP contribution in [0.25, 0.3) is 0 Å². The highest BCUT2D eigenvalue weighted by molar-refractivity contribution is 5.62. The lowest BCUT2D eigenvalue weighted by Gasteiger charge is -2.26. The van der Waals surface area contributed by atoms with E-state index >= 15 is 0 Å². The van der Waals surface area contributed by atoms with Crippen LogP contribution in [0.1, 0.15) is 97.3 Å². The second-order valence-corrected chi connectivity index (χ2v) is 7.27. The number of nitrogens with two attached hydrogens (primary N) is 1. The van der Waals surface area contributed by atoms with Gasteiger partial charge in [0.25, 0.3) is 0 Å². The first kappa shape index (κ1) is 21.4. The van der Waals surface area contributed by atoms with Crippen molar-refractivity contribution in [1.82, 2.24) is 4.90 Å². The summed E-state index contributed by atoms with van der Waals surface area (Å²) in [7, 11) is 0. The molecule has 0 aliphatic carbocycles. The average molecular weight is 336 g/mol. The van der Waals surface area contributed by atoms with E-state index in [1.807, 2.05) is 6.21 Å². The van der Waals surface area contributed by atoms with E-state index in [-0.39, 0.29) is 6.17 Å². The average Bonchev–Trinajstić information content (AvgIpc) is 3.04. The van der Waals surface area contributed by atoms with Crippen LogP contribution in [0, 0.1) is 0 Å². The van der Waals surface area contributed by atoms with E-state index in [2.05, 4.69) is 35.9 Å². The lowest BCUT2D eigenvalue weighted by atomic mass is 10.1. The molecule has 140 valence electrons. The van der Waals surface area contributed by atoms with Crippen molar-refractivity contribution in [3.05, 3.63) is 12.2 Å². The molecule has 0 aromatic heterocycles. The molecule has 3 heteroatoms. The second-order valence-electron chi connectivity index (χ2n) is 7.27. The summed E-state index contributed by atoms with van der Waals surface area (Å²) in [5.74, 6) is 0. The smallest absolute Gasteiger partial charge is 0.103 e. The highest BCUT2D eigenvalue weighted by Crippen LogP contribution is 2.17. The maximum absolute atomic E-state index is 5.98. The molecule has 1 aliphatic heterocycles. The molecule has 0 spiro atoms. The summed E-state index contributed by atoms with van der Waals surface area (Å²) in [5.41, 5.74) is 5.98. The predicted molar refractivity (Wildman–Crippen MR) is 107 cm³/mol. The first-order chi connectivity index (χ1) is 11.8. The Morgan fingerprint density at radius 1 is 1.00 bits per heavy atom. The maximum Gasteiger partial charge on any atom is 0.103 e. The van der Waals surface area contributed by atoms with Crippen LogP contribution in [0.15, 0.2) is 17.1 Å². The number of rotatable bonds is 15. The number of aliphatic imine (C=N–C) groups is 1. The first-order valence-corrected chi connectivity index (χ1v) is 10.4. The van der Waals surface area contributed by atoms with Gasteiger partial charge < -0.3 is 5.73 Å². The molecule has 0 bridgehead atoms. The molecule has 2 N–H and O–H groups in total. The molecule has 0 radical (unpaired) electrons. The Morgan fingerprint density at radius 2 is 1.58 bits per heavy atom. The summed E-state index contributed by atoms with van der Waals surface area (Å²) in [6, 6.07) is 0. The van der Waals surface area contributed by atoms with Crippen LogP contribution in [0.3, 0.4) is 0 Å². The van der Waals surface area contributed by atoms with Crippen LogP contribution in [0.5, 0.6) is 0 Å². The molecular formula is C21H41N3. The molecule has 1 rings (SSSR count). The molecule has 0 amide bonds. The van der Waals surface area contributed by atoms with Crippen molar-refractivity contribution in [3.8, 4) is 0 Å². The Morgan fingerprint density at radius 3 is 2.21 bits per heavy atom. The minimum Gasteiger partial charge on any atom is -0.316 e. The Labute approximate surface area is 150 Å². The van der Waals surface area contributed by atoms with Crippen molar-refractivity contribution in [2.45, 2.75) is 110 Å². The molecule has 0 aromatic rings. The van der Waals surface area contributed by atoms with Crippen molar-refractivity contribution < 1.29 is 0 Å². The van der Waals surface area contributed by atoms with E-state index < -0.39 is 0 Å². The van der Waals surface area contributed by atoms with Crippen LogP contribution in [0.4, 0.5) is 0 Å². The molecule has 24 heavy (non-hydrogen) atoms. The van der Waals surface area contributed by atoms with E-state index in [0.717, 1.165) is 13.0 Å². The third kappa shape index (κ3) is 10.2. The van der Waals surface area contributed by atoms with Gasteiger partial charge in [-0.2, -0.15) is 0 Å². The zero-order valence-corrected chi connectivity index (χ0v) is 16.3. The summed E-state index contributed by atoms with van der Waals surface area (Å²) < 4.78 is 0. The summed E-state index contributed by atoms with van der Waals surface area (Å²) in [6.07, 6.45) is 24.6. The van der Waals surface area contributed by atoms with E-state index in [0.29, 0.717) is 6.17 Å². The molecule has 0 saturated carbocycles. The van der Waals surface area contributed by atoms with Crippen LogP contribution < -0.4 is 5.73 Å². The lowest BCUT2D eigenvalue weighted by molar-refractivity contribution is 0.182. The fraction of sp³-hybridized carbons (Fsp3) is 0.857. The minimum absolute atomic E-state index is 0.121. The SMILES string of the molecule is CCCCCCC/C=C/CCCCCCCC1N=CCN1C(C)N. The molecule has 2 atom stereocenters. The predicted octanol–water partition coefficient (Wildman–Crippen LogP) is 5.65. The summed E-state index contributed by atoms with van der Waals surface area (Å²) in [6.45, 7) is 5.26. The quantitative estimate of drug-likeness (QED) is 0.310. The number of allylic oxidation sites excluding steroid dienone is 2. The van der Waals surface area contributed by atoms with Gasteiger partial charge in [0.2, 0.25) is 0 Å². The fourth-order valence-corrected chi connectivity index (χ4v) is 3.37. The van der Waals surface area contributed by atoms with Gasteiger partial charge in [-0.3, -0.25) is 9.89 Å². The third-order valence-corrected chi connectivity index (χ3v) is 4.95. The van der Waals surface area contributed by atoms with Gasteiger partial charge in [-0.25, -0.2) is 0 Å². The minimum atomic E-state index is 0.121. The van der Waals surface area contributed by atoms with Gasteiger partial charge in [0.1, 0.15) is 6.17 Å².